The van der Waals surface area contributed by atoms with Gasteiger partial charge >= 0.3 is 5.97 Å². The van der Waals surface area contributed by atoms with Crippen LogP contribution in [0.1, 0.15) is 15.9 Å². The Hall–Kier alpha value is -1.84. The number of aryl methyl sites for hydroxylation is 1. The first-order chi connectivity index (χ1) is 6.15. The van der Waals surface area contributed by atoms with Crippen molar-refractivity contribution in [1.29, 1.82) is 0 Å². The molecule has 1 aromatic carbocycles. The van der Waals surface area contributed by atoms with Crippen LogP contribution < -0.4 is 4.74 Å². The fourth-order valence-electron chi connectivity index (χ4n) is 0.960. The van der Waals surface area contributed by atoms with E-state index in [9.17, 15) is 9.59 Å². The molecule has 0 amide bonds. The van der Waals surface area contributed by atoms with Crippen molar-refractivity contribution in [2.45, 2.75) is 6.92 Å². The summed E-state index contributed by atoms with van der Waals surface area (Å²) in [5.74, 6) is -0.799. The van der Waals surface area contributed by atoms with Crippen LogP contribution in [0.15, 0.2) is 18.2 Å². The highest BCUT2D eigenvalue weighted by atomic mass is 16.5. The van der Waals surface area contributed by atoms with E-state index in [1.165, 1.54) is 12.1 Å². The van der Waals surface area contributed by atoms with E-state index in [1.54, 1.807) is 13.0 Å². The molecule has 4 heteroatoms. The third-order valence-corrected chi connectivity index (χ3v) is 1.62. The molecular formula is C9H8O4. The summed E-state index contributed by atoms with van der Waals surface area (Å²) in [6.07, 6.45) is 0. The molecule has 0 spiro atoms. The predicted octanol–water partition coefficient (Wildman–Crippen LogP) is 1.23. The van der Waals surface area contributed by atoms with Crippen LogP contribution in [-0.2, 0) is 4.79 Å². The van der Waals surface area contributed by atoms with Gasteiger partial charge in [0.2, 0.25) is 0 Å². The highest BCUT2D eigenvalue weighted by molar-refractivity contribution is 5.89. The molecule has 13 heavy (non-hydrogen) atoms. The number of aromatic carboxylic acids is 1. The first kappa shape index (κ1) is 9.25. The topological polar surface area (TPSA) is 63.6 Å². The van der Waals surface area contributed by atoms with Crippen LogP contribution in [0.3, 0.4) is 0 Å². The maximum absolute atomic E-state index is 10.6. The van der Waals surface area contributed by atoms with Crippen LogP contribution >= 0.6 is 0 Å². The van der Waals surface area contributed by atoms with Gasteiger partial charge < -0.3 is 9.84 Å². The second-order valence-electron chi connectivity index (χ2n) is 2.50. The Bertz CT molecular complexity index is 343. The largest absolute Gasteiger partial charge is 0.478 e. The SMILES string of the molecule is Cc1ccc(OC=O)cc1C(=O)O. The number of hydrogen-bond donors (Lipinski definition) is 1. The number of rotatable bonds is 3. The van der Waals surface area contributed by atoms with Crippen LogP contribution in [-0.4, -0.2) is 17.5 Å². The summed E-state index contributed by atoms with van der Waals surface area (Å²) < 4.78 is 4.51. The van der Waals surface area contributed by atoms with E-state index in [0.29, 0.717) is 5.56 Å². The molecule has 0 aromatic heterocycles. The molecule has 0 atom stereocenters. The average Bonchev–Trinajstić information content (AvgIpc) is 2.08. The van der Waals surface area contributed by atoms with Gasteiger partial charge in [-0.3, -0.25) is 4.79 Å². The summed E-state index contributed by atoms with van der Waals surface area (Å²) in [6.45, 7) is 1.93. The zero-order chi connectivity index (χ0) is 9.84. The molecular weight excluding hydrogens is 172 g/mol. The van der Waals surface area contributed by atoms with Gasteiger partial charge in [-0.1, -0.05) is 6.07 Å². The van der Waals surface area contributed by atoms with Gasteiger partial charge in [-0.15, -0.1) is 0 Å². The lowest BCUT2D eigenvalue weighted by molar-refractivity contribution is -0.120. The van der Waals surface area contributed by atoms with Crippen molar-refractivity contribution in [2.75, 3.05) is 0 Å². The van der Waals surface area contributed by atoms with Crippen LogP contribution in [0.5, 0.6) is 5.75 Å². The number of carboxylic acid groups (broad SMARTS) is 1. The summed E-state index contributed by atoms with van der Waals surface area (Å²) in [7, 11) is 0. The molecule has 1 N–H and O–H groups in total. The normalized spacial score (nSPS) is 9.31. The van der Waals surface area contributed by atoms with Crippen molar-refractivity contribution < 1.29 is 19.4 Å². The Morgan fingerprint density at radius 1 is 1.54 bits per heavy atom. The van der Waals surface area contributed by atoms with Gasteiger partial charge in [0.25, 0.3) is 6.47 Å². The Balaban J connectivity index is 3.10. The molecule has 0 fully saturated rings. The minimum absolute atomic E-state index is 0.138. The van der Waals surface area contributed by atoms with Crippen molar-refractivity contribution in [3.8, 4) is 5.75 Å². The van der Waals surface area contributed by atoms with E-state index in [1.807, 2.05) is 0 Å². The van der Waals surface area contributed by atoms with E-state index in [0.717, 1.165) is 0 Å². The molecule has 1 aromatic rings. The van der Waals surface area contributed by atoms with Gasteiger partial charge in [-0.25, -0.2) is 4.79 Å². The molecule has 0 aliphatic carbocycles. The van der Waals surface area contributed by atoms with Gasteiger partial charge in [0, 0.05) is 0 Å². The average molecular weight is 180 g/mol. The third kappa shape index (κ3) is 2.05. The molecule has 1 rings (SSSR count). The van der Waals surface area contributed by atoms with Crippen LogP contribution in [0.25, 0.3) is 0 Å². The molecule has 68 valence electrons. The Morgan fingerprint density at radius 3 is 2.77 bits per heavy atom. The van der Waals surface area contributed by atoms with Crippen molar-refractivity contribution in [1.82, 2.24) is 0 Å². The number of carbonyl (C=O) groups excluding carboxylic acids is 1. The minimum atomic E-state index is -1.03. The highest BCUT2D eigenvalue weighted by Crippen LogP contribution is 2.16. The lowest BCUT2D eigenvalue weighted by Crippen LogP contribution is -2.00. The summed E-state index contributed by atoms with van der Waals surface area (Å²) >= 11 is 0. The molecule has 0 aliphatic heterocycles. The quantitative estimate of drug-likeness (QED) is 0.710. The third-order valence-electron chi connectivity index (χ3n) is 1.62. The predicted molar refractivity (Wildman–Crippen MR) is 44.8 cm³/mol. The minimum Gasteiger partial charge on any atom is -0.478 e. The fourth-order valence-corrected chi connectivity index (χ4v) is 0.960. The molecule has 4 nitrogen and oxygen atoms in total. The number of carbonyl (C=O) groups is 2. The smallest absolute Gasteiger partial charge is 0.336 e. The highest BCUT2D eigenvalue weighted by Gasteiger charge is 2.07. The molecule has 0 radical (unpaired) electrons. The second-order valence-corrected chi connectivity index (χ2v) is 2.50. The maximum atomic E-state index is 10.6. The van der Waals surface area contributed by atoms with E-state index in [-0.39, 0.29) is 17.8 Å². The van der Waals surface area contributed by atoms with E-state index in [2.05, 4.69) is 4.74 Å². The zero-order valence-corrected chi connectivity index (χ0v) is 6.98. The van der Waals surface area contributed by atoms with E-state index in [4.69, 9.17) is 5.11 Å². The van der Waals surface area contributed by atoms with Gasteiger partial charge in [0.05, 0.1) is 5.56 Å². The Kier molecular flexibility index (Phi) is 2.64. The molecule has 0 unspecified atom stereocenters. The number of benzene rings is 1. The molecule has 0 bridgehead atoms. The summed E-state index contributed by atoms with van der Waals surface area (Å²) in [5, 5.41) is 8.71. The molecule has 0 aliphatic rings. The standard InChI is InChI=1S/C9H8O4/c1-6-2-3-7(13-5-10)4-8(6)9(11)12/h2-5H,1H3,(H,11,12). The van der Waals surface area contributed by atoms with Gasteiger partial charge in [-0.2, -0.15) is 0 Å². The lowest BCUT2D eigenvalue weighted by atomic mass is 10.1. The first-order valence-electron chi connectivity index (χ1n) is 3.59. The van der Waals surface area contributed by atoms with Gasteiger partial charge in [0.15, 0.2) is 0 Å². The molecule has 0 saturated heterocycles. The van der Waals surface area contributed by atoms with E-state index < -0.39 is 5.97 Å². The summed E-state index contributed by atoms with van der Waals surface area (Å²) in [6, 6.07) is 4.44. The zero-order valence-electron chi connectivity index (χ0n) is 6.98. The van der Waals surface area contributed by atoms with Crippen molar-refractivity contribution >= 4 is 12.4 Å². The number of ether oxygens (including phenoxy) is 1. The van der Waals surface area contributed by atoms with Crippen molar-refractivity contribution in [3.05, 3.63) is 29.3 Å². The maximum Gasteiger partial charge on any atom is 0.336 e. The summed E-state index contributed by atoms with van der Waals surface area (Å²) in [5.41, 5.74) is 0.769. The Morgan fingerprint density at radius 2 is 2.23 bits per heavy atom. The van der Waals surface area contributed by atoms with Crippen molar-refractivity contribution in [2.24, 2.45) is 0 Å². The van der Waals surface area contributed by atoms with E-state index >= 15 is 0 Å². The first-order valence-corrected chi connectivity index (χ1v) is 3.59. The number of carboxylic acids is 1. The Labute approximate surface area is 74.8 Å². The second kappa shape index (κ2) is 3.71. The lowest BCUT2D eigenvalue weighted by Gasteiger charge is -2.02. The van der Waals surface area contributed by atoms with Gasteiger partial charge in [0.1, 0.15) is 5.75 Å². The fraction of sp³-hybridized carbons (Fsp3) is 0.111. The number of hydrogen-bond acceptors (Lipinski definition) is 3. The summed E-state index contributed by atoms with van der Waals surface area (Å²) in [4.78, 5) is 20.6. The van der Waals surface area contributed by atoms with Gasteiger partial charge in [-0.05, 0) is 24.6 Å². The van der Waals surface area contributed by atoms with Crippen LogP contribution in [0.2, 0.25) is 0 Å². The van der Waals surface area contributed by atoms with Crippen molar-refractivity contribution in [3.63, 3.8) is 0 Å². The monoisotopic (exact) mass is 180 g/mol. The van der Waals surface area contributed by atoms with Crippen LogP contribution in [0.4, 0.5) is 0 Å². The van der Waals surface area contributed by atoms with Crippen LogP contribution in [0, 0.1) is 6.92 Å². The molecule has 0 saturated carbocycles. The molecule has 0 heterocycles.